The Labute approximate surface area is 183 Å². The summed E-state index contributed by atoms with van der Waals surface area (Å²) in [5, 5.41) is 14.0. The zero-order chi connectivity index (χ0) is 22.7. The largest absolute Gasteiger partial charge is 0.489 e. The normalized spacial score (nSPS) is 11.7. The van der Waals surface area contributed by atoms with Crippen molar-refractivity contribution in [3.8, 4) is 11.8 Å². The molecule has 1 atom stereocenters. The lowest BCUT2D eigenvalue weighted by atomic mass is 10.0. The van der Waals surface area contributed by atoms with Crippen LogP contribution >= 0.6 is 0 Å². The highest BCUT2D eigenvalue weighted by Crippen LogP contribution is 2.16. The molecular weight excluding hydrogens is 394 g/mol. The third-order valence-electron chi connectivity index (χ3n) is 4.15. The number of nitrogens with zero attached hydrogens (tertiary/aromatic N) is 1. The molecule has 7 heteroatoms. The second-order valence-electron chi connectivity index (χ2n) is 8.02. The average Bonchev–Trinajstić information content (AvgIpc) is 2.72. The number of nitriles is 1. The van der Waals surface area contributed by atoms with Crippen molar-refractivity contribution in [1.29, 1.82) is 5.26 Å². The van der Waals surface area contributed by atoms with Gasteiger partial charge < -0.3 is 20.1 Å². The second-order valence-corrected chi connectivity index (χ2v) is 8.02. The van der Waals surface area contributed by atoms with Gasteiger partial charge in [0.2, 0.25) is 5.91 Å². The third-order valence-corrected chi connectivity index (χ3v) is 4.15. The highest BCUT2D eigenvalue weighted by Gasteiger charge is 2.24. The molecule has 0 aliphatic carbocycles. The number of nitrogens with one attached hydrogen (secondary N) is 2. The van der Waals surface area contributed by atoms with E-state index in [1.165, 1.54) is 0 Å². The summed E-state index contributed by atoms with van der Waals surface area (Å²) in [6, 6.07) is 18.4. The van der Waals surface area contributed by atoms with Crippen LogP contribution in [0.3, 0.4) is 0 Å². The Kier molecular flexibility index (Phi) is 8.89. The molecule has 0 unspecified atom stereocenters. The maximum Gasteiger partial charge on any atom is 0.408 e. The minimum Gasteiger partial charge on any atom is -0.489 e. The van der Waals surface area contributed by atoms with E-state index >= 15 is 0 Å². The number of rotatable bonds is 9. The van der Waals surface area contributed by atoms with E-state index in [1.807, 2.05) is 60.7 Å². The number of carbonyl (C=O) groups excluding carboxylic acids is 2. The molecule has 164 valence electrons. The van der Waals surface area contributed by atoms with Crippen LogP contribution in [0, 0.1) is 11.3 Å². The van der Waals surface area contributed by atoms with E-state index < -0.39 is 17.7 Å². The van der Waals surface area contributed by atoms with Gasteiger partial charge in [0.15, 0.2) is 0 Å². The van der Waals surface area contributed by atoms with Crippen LogP contribution in [0.4, 0.5) is 4.79 Å². The molecule has 31 heavy (non-hydrogen) atoms. The second kappa shape index (κ2) is 11.6. The Morgan fingerprint density at radius 2 is 1.71 bits per heavy atom. The Balaban J connectivity index is 2.00. The van der Waals surface area contributed by atoms with Gasteiger partial charge in [-0.05, 0) is 44.0 Å². The topological polar surface area (TPSA) is 100 Å². The molecule has 7 nitrogen and oxygen atoms in total. The smallest absolute Gasteiger partial charge is 0.408 e. The first-order valence-corrected chi connectivity index (χ1v) is 10.2. The first-order chi connectivity index (χ1) is 14.8. The number of carbonyl (C=O) groups is 2. The SMILES string of the molecule is CC(C)(C)OC(=O)N[C@@H](Cc1ccc(OCc2ccccc2)cc1)C(=O)NCCC#N. The van der Waals surface area contributed by atoms with E-state index in [4.69, 9.17) is 14.7 Å². The van der Waals surface area contributed by atoms with Crippen molar-refractivity contribution in [3.05, 3.63) is 65.7 Å². The van der Waals surface area contributed by atoms with Crippen LogP contribution < -0.4 is 15.4 Å². The summed E-state index contributed by atoms with van der Waals surface area (Å²) in [6.45, 7) is 5.94. The summed E-state index contributed by atoms with van der Waals surface area (Å²) in [7, 11) is 0. The van der Waals surface area contributed by atoms with Gasteiger partial charge in [-0.1, -0.05) is 42.5 Å². The average molecular weight is 424 g/mol. The molecule has 0 radical (unpaired) electrons. The number of alkyl carbamates (subject to hydrolysis) is 1. The van der Waals surface area contributed by atoms with E-state index in [9.17, 15) is 9.59 Å². The van der Waals surface area contributed by atoms with E-state index in [1.54, 1.807) is 20.8 Å². The Bertz CT molecular complexity index is 884. The summed E-state index contributed by atoms with van der Waals surface area (Å²) in [6.07, 6.45) is -0.203. The van der Waals surface area contributed by atoms with Crippen LogP contribution in [0.25, 0.3) is 0 Å². The van der Waals surface area contributed by atoms with Gasteiger partial charge >= 0.3 is 6.09 Å². The lowest BCUT2D eigenvalue weighted by Crippen LogP contribution is -2.49. The maximum atomic E-state index is 12.5. The van der Waals surface area contributed by atoms with Crippen molar-refractivity contribution in [2.24, 2.45) is 0 Å². The van der Waals surface area contributed by atoms with Gasteiger partial charge in [-0.15, -0.1) is 0 Å². The van der Waals surface area contributed by atoms with E-state index in [2.05, 4.69) is 10.6 Å². The fourth-order valence-electron chi connectivity index (χ4n) is 2.72. The molecule has 0 spiro atoms. The van der Waals surface area contributed by atoms with Crippen LogP contribution in [0.2, 0.25) is 0 Å². The molecule has 0 saturated heterocycles. The fraction of sp³-hybridized carbons (Fsp3) is 0.375. The monoisotopic (exact) mass is 423 g/mol. The third kappa shape index (κ3) is 9.22. The maximum absolute atomic E-state index is 12.5. The highest BCUT2D eigenvalue weighted by molar-refractivity contribution is 5.86. The summed E-state index contributed by atoms with van der Waals surface area (Å²) in [4.78, 5) is 24.7. The Morgan fingerprint density at radius 3 is 2.32 bits per heavy atom. The summed E-state index contributed by atoms with van der Waals surface area (Å²) < 4.78 is 11.1. The number of amides is 2. The summed E-state index contributed by atoms with van der Waals surface area (Å²) in [5.74, 6) is 0.341. The van der Waals surface area contributed by atoms with Crippen molar-refractivity contribution in [2.45, 2.75) is 51.9 Å². The van der Waals surface area contributed by atoms with Gasteiger partial charge in [0.25, 0.3) is 0 Å². The highest BCUT2D eigenvalue weighted by atomic mass is 16.6. The van der Waals surface area contributed by atoms with Crippen molar-refractivity contribution in [3.63, 3.8) is 0 Å². The van der Waals surface area contributed by atoms with E-state index in [-0.39, 0.29) is 25.3 Å². The van der Waals surface area contributed by atoms with Gasteiger partial charge in [0.1, 0.15) is 24.0 Å². The molecule has 2 N–H and O–H groups in total. The molecule has 0 aliphatic heterocycles. The van der Waals surface area contributed by atoms with Crippen LogP contribution in [0.1, 0.15) is 38.3 Å². The first kappa shape index (κ1) is 23.7. The number of ether oxygens (including phenoxy) is 2. The van der Waals surface area contributed by atoms with Crippen molar-refractivity contribution >= 4 is 12.0 Å². The van der Waals surface area contributed by atoms with Gasteiger partial charge in [-0.3, -0.25) is 4.79 Å². The molecule has 0 fully saturated rings. The first-order valence-electron chi connectivity index (χ1n) is 10.2. The molecule has 0 saturated carbocycles. The predicted molar refractivity (Wildman–Crippen MR) is 117 cm³/mol. The predicted octanol–water partition coefficient (Wildman–Crippen LogP) is 3.73. The minimum absolute atomic E-state index is 0.193. The van der Waals surface area contributed by atoms with Gasteiger partial charge in [-0.25, -0.2) is 4.79 Å². The number of hydrogen-bond donors (Lipinski definition) is 2. The molecule has 2 aromatic rings. The van der Waals surface area contributed by atoms with Crippen LogP contribution in [-0.4, -0.2) is 30.2 Å². The molecule has 0 bridgehead atoms. The molecule has 0 aromatic heterocycles. The molecule has 0 heterocycles. The minimum atomic E-state index is -0.829. The van der Waals surface area contributed by atoms with E-state index in [0.717, 1.165) is 11.1 Å². The molecule has 2 amide bonds. The fourth-order valence-corrected chi connectivity index (χ4v) is 2.72. The van der Waals surface area contributed by atoms with Crippen molar-refractivity contribution in [1.82, 2.24) is 10.6 Å². The summed E-state index contributed by atoms with van der Waals surface area (Å²) >= 11 is 0. The Hall–Kier alpha value is -3.53. The van der Waals surface area contributed by atoms with Gasteiger partial charge in [0.05, 0.1) is 12.5 Å². The zero-order valence-electron chi connectivity index (χ0n) is 18.2. The van der Waals surface area contributed by atoms with E-state index in [0.29, 0.717) is 12.4 Å². The molecule has 0 aliphatic rings. The van der Waals surface area contributed by atoms with Gasteiger partial charge in [-0.2, -0.15) is 5.26 Å². The number of benzene rings is 2. The zero-order valence-corrected chi connectivity index (χ0v) is 18.2. The van der Waals surface area contributed by atoms with Gasteiger partial charge in [0, 0.05) is 13.0 Å². The number of hydrogen-bond acceptors (Lipinski definition) is 5. The van der Waals surface area contributed by atoms with Crippen LogP contribution in [0.15, 0.2) is 54.6 Å². The Morgan fingerprint density at radius 1 is 1.03 bits per heavy atom. The summed E-state index contributed by atoms with van der Waals surface area (Å²) in [5.41, 5.74) is 1.25. The molecule has 2 rings (SSSR count). The van der Waals surface area contributed by atoms with Crippen LogP contribution in [-0.2, 0) is 22.6 Å². The standard InChI is InChI=1S/C24H29N3O4/c1-24(2,3)31-23(29)27-21(22(28)26-15-7-14-25)16-18-10-12-20(13-11-18)30-17-19-8-5-4-6-9-19/h4-6,8-13,21H,7,15-17H2,1-3H3,(H,26,28)(H,27,29)/t21-/m0/s1. The van der Waals surface area contributed by atoms with Crippen molar-refractivity contribution in [2.75, 3.05) is 6.54 Å². The quantitative estimate of drug-likeness (QED) is 0.599. The lowest BCUT2D eigenvalue weighted by molar-refractivity contribution is -0.123. The van der Waals surface area contributed by atoms with Crippen molar-refractivity contribution < 1.29 is 19.1 Å². The molecule has 2 aromatic carbocycles. The molecular formula is C24H29N3O4. The van der Waals surface area contributed by atoms with Crippen LogP contribution in [0.5, 0.6) is 5.75 Å². The lowest BCUT2D eigenvalue weighted by Gasteiger charge is -2.23.